The van der Waals surface area contributed by atoms with Crippen molar-refractivity contribution < 1.29 is 14.3 Å². The van der Waals surface area contributed by atoms with Crippen molar-refractivity contribution in [3.05, 3.63) is 31.0 Å². The van der Waals surface area contributed by atoms with Crippen LogP contribution in [0, 0.1) is 0 Å². The highest BCUT2D eigenvalue weighted by Gasteiger charge is 2.17. The molecule has 0 aliphatic carbocycles. The molecule has 10 nitrogen and oxygen atoms in total. The van der Waals surface area contributed by atoms with Crippen molar-refractivity contribution in [3.8, 4) is 5.69 Å². The standard InChI is InChI=1S/C21H31IN7O3P/c1-15(27-20(30)32-21(2,3)4)6-5-8-31-9-7-23-18-10-16(28-13-24-25-14-28)11-19-17(18)12-26-29(19)33-22/h10-15,23,33H,5-9H2,1-4H3,(H,27,30). The van der Waals surface area contributed by atoms with Gasteiger partial charge in [-0.2, -0.15) is 5.10 Å². The van der Waals surface area contributed by atoms with Crippen LogP contribution in [0.1, 0.15) is 40.5 Å². The molecular formula is C21H31IN7O3P. The number of fused-ring (bicyclic) bond motifs is 1. The van der Waals surface area contributed by atoms with Gasteiger partial charge in [-0.25, -0.2) is 9.25 Å². The van der Waals surface area contributed by atoms with Crippen LogP contribution >= 0.6 is 28.4 Å². The number of halogens is 1. The molecule has 0 bridgehead atoms. The van der Waals surface area contributed by atoms with E-state index in [4.69, 9.17) is 9.47 Å². The number of hydrogen-bond acceptors (Lipinski definition) is 7. The van der Waals surface area contributed by atoms with Crippen molar-refractivity contribution >= 4 is 51.1 Å². The number of ether oxygens (including phenoxy) is 2. The Morgan fingerprint density at radius 3 is 2.70 bits per heavy atom. The normalized spacial score (nSPS) is 13.0. The third kappa shape index (κ3) is 7.79. The van der Waals surface area contributed by atoms with E-state index in [1.54, 1.807) is 12.7 Å². The van der Waals surface area contributed by atoms with Gasteiger partial charge in [0.15, 0.2) is 0 Å². The summed E-state index contributed by atoms with van der Waals surface area (Å²) in [5.41, 5.74) is 2.54. The molecule has 2 atom stereocenters. The van der Waals surface area contributed by atoms with Crippen molar-refractivity contribution in [1.29, 1.82) is 0 Å². The van der Waals surface area contributed by atoms with Crippen LogP contribution in [0.4, 0.5) is 10.5 Å². The zero-order valence-electron chi connectivity index (χ0n) is 19.3. The predicted octanol–water partition coefficient (Wildman–Crippen LogP) is 4.53. The topological polar surface area (TPSA) is 108 Å². The summed E-state index contributed by atoms with van der Waals surface area (Å²) in [4.78, 5) is 11.8. The number of carbonyl (C=O) groups excluding carboxylic acids is 1. The number of hydrogen-bond donors (Lipinski definition) is 2. The van der Waals surface area contributed by atoms with Crippen LogP contribution in [0.5, 0.6) is 0 Å². The summed E-state index contributed by atoms with van der Waals surface area (Å²) in [6.07, 6.45) is 7.05. The van der Waals surface area contributed by atoms with Crippen molar-refractivity contribution in [1.82, 2.24) is 29.6 Å². The van der Waals surface area contributed by atoms with Crippen LogP contribution in [0.25, 0.3) is 16.6 Å². The lowest BCUT2D eigenvalue weighted by Crippen LogP contribution is -2.37. The summed E-state index contributed by atoms with van der Waals surface area (Å²) in [6.45, 7) is 9.40. The van der Waals surface area contributed by atoms with Gasteiger partial charge in [-0.15, -0.1) is 10.2 Å². The molecule has 2 aromatic heterocycles. The fourth-order valence-corrected chi connectivity index (χ4v) is 4.77. The average Bonchev–Trinajstić information content (AvgIpc) is 3.41. The lowest BCUT2D eigenvalue weighted by atomic mass is 10.2. The third-order valence-electron chi connectivity index (χ3n) is 4.72. The van der Waals surface area contributed by atoms with Gasteiger partial charge >= 0.3 is 6.09 Å². The Labute approximate surface area is 208 Å². The average molecular weight is 587 g/mol. The van der Waals surface area contributed by atoms with Crippen molar-refractivity contribution in [2.75, 3.05) is 25.1 Å². The zero-order chi connectivity index (χ0) is 23.8. The first-order chi connectivity index (χ1) is 15.8. The van der Waals surface area contributed by atoms with E-state index in [1.807, 2.05) is 42.9 Å². The van der Waals surface area contributed by atoms with Crippen molar-refractivity contribution in [2.24, 2.45) is 0 Å². The first kappa shape index (κ1) is 25.6. The Hall–Kier alpha value is -1.98. The van der Waals surface area contributed by atoms with Crippen LogP contribution in [0.15, 0.2) is 31.0 Å². The van der Waals surface area contributed by atoms with E-state index in [1.165, 1.54) is 0 Å². The number of nitrogens with zero attached hydrogens (tertiary/aromatic N) is 5. The molecule has 1 aromatic carbocycles. The lowest BCUT2D eigenvalue weighted by Gasteiger charge is -2.22. The minimum Gasteiger partial charge on any atom is -0.444 e. The fraction of sp³-hybridized carbons (Fsp3) is 0.524. The van der Waals surface area contributed by atoms with E-state index >= 15 is 0 Å². The van der Waals surface area contributed by atoms with Crippen LogP contribution in [-0.4, -0.2) is 61.8 Å². The summed E-state index contributed by atoms with van der Waals surface area (Å²) >= 11 is 2.32. The number of nitrogens with one attached hydrogen (secondary N) is 2. The Balaban J connectivity index is 1.44. The predicted molar refractivity (Wildman–Crippen MR) is 140 cm³/mol. The summed E-state index contributed by atoms with van der Waals surface area (Å²) in [5.74, 6) is 0. The van der Waals surface area contributed by atoms with Gasteiger partial charge in [0.2, 0.25) is 0 Å². The molecule has 180 valence electrons. The monoisotopic (exact) mass is 587 g/mol. The van der Waals surface area contributed by atoms with Crippen LogP contribution in [0.3, 0.4) is 0 Å². The summed E-state index contributed by atoms with van der Waals surface area (Å²) < 4.78 is 14.9. The van der Waals surface area contributed by atoms with E-state index in [2.05, 4.69) is 60.1 Å². The number of alkyl carbamates (subject to hydrolysis) is 1. The third-order valence-corrected chi connectivity index (χ3v) is 6.61. The fourth-order valence-electron chi connectivity index (χ4n) is 3.24. The molecule has 0 radical (unpaired) electrons. The summed E-state index contributed by atoms with van der Waals surface area (Å²) in [5, 5.41) is 19.7. The maximum Gasteiger partial charge on any atom is 0.407 e. The quantitative estimate of drug-likeness (QED) is 0.193. The summed E-state index contributed by atoms with van der Waals surface area (Å²) in [6, 6.07) is 4.19. The Kier molecular flexibility index (Phi) is 9.27. The maximum atomic E-state index is 11.8. The van der Waals surface area contributed by atoms with Gasteiger partial charge in [-0.05, 0) is 74.7 Å². The molecule has 12 heteroatoms. The largest absolute Gasteiger partial charge is 0.444 e. The van der Waals surface area contributed by atoms with E-state index in [0.29, 0.717) is 26.1 Å². The Morgan fingerprint density at radius 2 is 2.00 bits per heavy atom. The number of rotatable bonds is 11. The number of amides is 1. The van der Waals surface area contributed by atoms with Gasteiger partial charge in [0.1, 0.15) is 18.3 Å². The molecule has 0 aliphatic heterocycles. The Morgan fingerprint density at radius 1 is 1.24 bits per heavy atom. The van der Waals surface area contributed by atoms with Gasteiger partial charge in [0, 0.05) is 30.3 Å². The first-order valence-corrected chi connectivity index (χ1v) is 14.9. The second-order valence-electron chi connectivity index (χ2n) is 8.66. The smallest absolute Gasteiger partial charge is 0.407 e. The molecule has 3 aromatic rings. The zero-order valence-corrected chi connectivity index (χ0v) is 22.5. The highest BCUT2D eigenvalue weighted by atomic mass is 127. The second kappa shape index (κ2) is 11.9. The van der Waals surface area contributed by atoms with Crippen LogP contribution < -0.4 is 10.6 Å². The van der Waals surface area contributed by atoms with E-state index in [-0.39, 0.29) is 12.1 Å². The number of benzene rings is 1. The second-order valence-corrected chi connectivity index (χ2v) is 10.7. The molecular weight excluding hydrogens is 556 g/mol. The van der Waals surface area contributed by atoms with E-state index in [9.17, 15) is 4.79 Å². The van der Waals surface area contributed by atoms with Gasteiger partial charge < -0.3 is 20.1 Å². The SMILES string of the molecule is CC(CCCOCCNc1cc(-n2cnnc2)cc2c1cnn2PI)NC(=O)OC(C)(C)C. The molecule has 2 N–H and O–H groups in total. The molecule has 2 heterocycles. The van der Waals surface area contributed by atoms with Crippen LogP contribution in [0.2, 0.25) is 0 Å². The lowest BCUT2D eigenvalue weighted by molar-refractivity contribution is 0.0502. The first-order valence-electron chi connectivity index (χ1n) is 10.8. The highest BCUT2D eigenvalue weighted by Crippen LogP contribution is 2.33. The maximum absolute atomic E-state index is 11.8. The summed E-state index contributed by atoms with van der Waals surface area (Å²) in [7, 11) is 0. The minimum atomic E-state index is -0.490. The molecule has 33 heavy (non-hydrogen) atoms. The van der Waals surface area contributed by atoms with Gasteiger partial charge in [0.05, 0.1) is 30.4 Å². The molecule has 0 fully saturated rings. The van der Waals surface area contributed by atoms with E-state index in [0.717, 1.165) is 35.1 Å². The Bertz CT molecular complexity index is 1040. The molecule has 0 saturated carbocycles. The number of anilines is 1. The van der Waals surface area contributed by atoms with Crippen LogP contribution in [-0.2, 0) is 9.47 Å². The highest BCUT2D eigenvalue weighted by molar-refractivity contribution is 14.2. The molecule has 3 rings (SSSR count). The minimum absolute atomic E-state index is 0.0328. The number of carbonyl (C=O) groups is 1. The van der Waals surface area contributed by atoms with Gasteiger partial charge in [0.25, 0.3) is 0 Å². The molecule has 1 amide bonds. The van der Waals surface area contributed by atoms with Gasteiger partial charge in [-0.3, -0.25) is 4.57 Å². The van der Waals surface area contributed by atoms with Crippen molar-refractivity contribution in [3.63, 3.8) is 0 Å². The molecule has 0 saturated heterocycles. The number of aromatic nitrogens is 5. The molecule has 2 unspecified atom stereocenters. The molecule has 0 aliphatic rings. The molecule has 0 spiro atoms. The van der Waals surface area contributed by atoms with Gasteiger partial charge in [-0.1, -0.05) is 0 Å². The van der Waals surface area contributed by atoms with E-state index < -0.39 is 5.60 Å². The van der Waals surface area contributed by atoms with Crippen molar-refractivity contribution in [2.45, 2.75) is 52.2 Å².